The predicted molar refractivity (Wildman–Crippen MR) is 48.9 cm³/mol. The topological polar surface area (TPSA) is 101 Å². The maximum atomic E-state index is 12.5. The molecule has 0 fully saturated rings. The molecule has 0 aliphatic heterocycles. The van der Waals surface area contributed by atoms with E-state index < -0.39 is 35.2 Å². The largest absolute Gasteiger partial charge is 0.463 e. The van der Waals surface area contributed by atoms with Crippen LogP contribution in [0.25, 0.3) is 0 Å². The molecule has 4 N–H and O–H groups in total. The second kappa shape index (κ2) is 4.23. The Bertz CT molecular complexity index is 523. The Morgan fingerprint density at radius 2 is 1.89 bits per heavy atom. The molecule has 18 heavy (non-hydrogen) atoms. The number of nitrogens with one attached hydrogen (secondary N) is 2. The van der Waals surface area contributed by atoms with Gasteiger partial charge < -0.3 is 5.73 Å². The van der Waals surface area contributed by atoms with Crippen molar-refractivity contribution < 1.29 is 26.7 Å². The Kier molecular flexibility index (Phi) is 3.26. The molecule has 1 amide bonds. The lowest BCUT2D eigenvalue weighted by Gasteiger charge is -2.17. The molecule has 0 spiro atoms. The second-order valence-electron chi connectivity index (χ2n) is 3.04. The van der Waals surface area contributed by atoms with E-state index in [2.05, 4.69) is 4.98 Å². The Hall–Kier alpha value is -2.20. The number of aromatic amines is 1. The summed E-state index contributed by atoms with van der Waals surface area (Å²) in [5, 5.41) is 1.13. The Morgan fingerprint density at radius 1 is 1.33 bits per heavy atom. The molecule has 1 rings (SSSR count). The molecule has 1 heterocycles. The van der Waals surface area contributed by atoms with Gasteiger partial charge in [0, 0.05) is 0 Å². The summed E-state index contributed by atoms with van der Waals surface area (Å²) in [5.41, 5.74) is 3.64. The molecular formula is C7H5F5N4O2. The molecule has 0 aliphatic carbocycles. The summed E-state index contributed by atoms with van der Waals surface area (Å²) in [6, 6.07) is 0. The molecule has 0 unspecified atom stereocenters. The van der Waals surface area contributed by atoms with E-state index in [0.717, 1.165) is 5.32 Å². The first-order chi connectivity index (χ1) is 8.05. The van der Waals surface area contributed by atoms with Crippen LogP contribution in [0.2, 0.25) is 0 Å². The minimum absolute atomic E-state index is 0.393. The van der Waals surface area contributed by atoms with Crippen molar-refractivity contribution in [2.24, 2.45) is 0 Å². The number of hydrogen-bond donors (Lipinski definition) is 3. The van der Waals surface area contributed by atoms with Crippen LogP contribution in [0.15, 0.2) is 11.0 Å². The number of alkyl halides is 5. The van der Waals surface area contributed by atoms with Gasteiger partial charge in [0.15, 0.2) is 0 Å². The van der Waals surface area contributed by atoms with Gasteiger partial charge in [-0.15, -0.1) is 0 Å². The van der Waals surface area contributed by atoms with Crippen molar-refractivity contribution in [3.05, 3.63) is 16.6 Å². The lowest BCUT2D eigenvalue weighted by atomic mass is 10.3. The molecule has 11 heteroatoms. The van der Waals surface area contributed by atoms with E-state index in [-0.39, 0.29) is 0 Å². The molecule has 0 bridgehead atoms. The van der Waals surface area contributed by atoms with Crippen molar-refractivity contribution >= 4 is 17.5 Å². The first-order valence-corrected chi connectivity index (χ1v) is 4.16. The number of rotatable bonds is 2. The van der Waals surface area contributed by atoms with Crippen LogP contribution in [0.5, 0.6) is 0 Å². The quantitative estimate of drug-likeness (QED) is 0.682. The SMILES string of the molecule is Nc1cnc(NC(=O)C(F)(F)C(F)(F)F)[nH]c1=O. The Balaban J connectivity index is 2.95. The van der Waals surface area contributed by atoms with E-state index in [0.29, 0.717) is 6.20 Å². The van der Waals surface area contributed by atoms with Crippen LogP contribution in [0.3, 0.4) is 0 Å². The molecule has 1 aromatic rings. The molecule has 100 valence electrons. The maximum absolute atomic E-state index is 12.5. The van der Waals surface area contributed by atoms with Gasteiger partial charge in [-0.25, -0.2) is 4.98 Å². The van der Waals surface area contributed by atoms with Gasteiger partial charge in [0.05, 0.1) is 6.20 Å². The third-order valence-corrected chi connectivity index (χ3v) is 1.70. The number of aromatic nitrogens is 2. The van der Waals surface area contributed by atoms with Crippen LogP contribution in [0, 0.1) is 0 Å². The zero-order valence-electron chi connectivity index (χ0n) is 8.31. The van der Waals surface area contributed by atoms with Gasteiger partial charge in [0.25, 0.3) is 5.56 Å². The van der Waals surface area contributed by atoms with Crippen molar-refractivity contribution in [3.8, 4) is 0 Å². The highest BCUT2D eigenvalue weighted by molar-refractivity contribution is 5.95. The number of nitrogens with zero attached hydrogens (tertiary/aromatic N) is 1. The summed E-state index contributed by atoms with van der Waals surface area (Å²) in [7, 11) is 0. The summed E-state index contributed by atoms with van der Waals surface area (Å²) >= 11 is 0. The number of halogens is 5. The normalized spacial score (nSPS) is 12.3. The van der Waals surface area contributed by atoms with Crippen LogP contribution >= 0.6 is 0 Å². The standard InChI is InChI=1S/C7H5F5N4O2/c8-6(9,7(10,11)12)4(18)16-5-14-1-2(13)3(17)15-5/h1H,13H2,(H2,14,15,16,17,18). The summed E-state index contributed by atoms with van der Waals surface area (Å²) < 4.78 is 60.4. The number of hydrogen-bond acceptors (Lipinski definition) is 4. The van der Waals surface area contributed by atoms with Gasteiger partial charge in [0.2, 0.25) is 5.95 Å². The van der Waals surface area contributed by atoms with Gasteiger partial charge in [-0.05, 0) is 0 Å². The maximum Gasteiger partial charge on any atom is 0.463 e. The zero-order valence-corrected chi connectivity index (χ0v) is 8.31. The molecule has 0 saturated heterocycles. The average Bonchev–Trinajstić information content (AvgIpc) is 2.21. The number of nitrogens with two attached hydrogens (primary N) is 1. The summed E-state index contributed by atoms with van der Waals surface area (Å²) in [6.45, 7) is 0. The number of anilines is 2. The molecule has 0 radical (unpaired) electrons. The van der Waals surface area contributed by atoms with Crippen molar-refractivity contribution in [2.75, 3.05) is 11.1 Å². The molecule has 0 aromatic carbocycles. The Morgan fingerprint density at radius 3 is 2.33 bits per heavy atom. The minimum Gasteiger partial charge on any atom is -0.393 e. The van der Waals surface area contributed by atoms with Gasteiger partial charge >= 0.3 is 18.0 Å². The molecule has 0 atom stereocenters. The van der Waals surface area contributed by atoms with Gasteiger partial charge in [-0.2, -0.15) is 22.0 Å². The predicted octanol–water partition coefficient (Wildman–Crippen LogP) is 0.488. The van der Waals surface area contributed by atoms with Crippen LogP contribution < -0.4 is 16.6 Å². The highest BCUT2D eigenvalue weighted by atomic mass is 19.4. The van der Waals surface area contributed by atoms with Crippen LogP contribution in [-0.2, 0) is 4.79 Å². The lowest BCUT2D eigenvalue weighted by Crippen LogP contribution is -2.47. The number of H-pyrrole nitrogens is 1. The van der Waals surface area contributed by atoms with Gasteiger partial charge in [-0.1, -0.05) is 0 Å². The third kappa shape index (κ3) is 2.55. The summed E-state index contributed by atoms with van der Waals surface area (Å²) in [6.07, 6.45) is -5.36. The fourth-order valence-corrected chi connectivity index (χ4v) is 0.783. The molecule has 0 aliphatic rings. The number of carbonyl (C=O) groups excluding carboxylic acids is 1. The van der Waals surface area contributed by atoms with E-state index in [4.69, 9.17) is 5.73 Å². The third-order valence-electron chi connectivity index (χ3n) is 1.70. The average molecular weight is 272 g/mol. The minimum atomic E-state index is -6.05. The highest BCUT2D eigenvalue weighted by Crippen LogP contribution is 2.35. The van der Waals surface area contributed by atoms with E-state index in [1.165, 1.54) is 0 Å². The van der Waals surface area contributed by atoms with E-state index in [1.807, 2.05) is 0 Å². The van der Waals surface area contributed by atoms with E-state index in [1.54, 1.807) is 4.98 Å². The highest BCUT2D eigenvalue weighted by Gasteiger charge is 2.63. The fourth-order valence-electron chi connectivity index (χ4n) is 0.783. The molecular weight excluding hydrogens is 267 g/mol. The monoisotopic (exact) mass is 272 g/mol. The number of amides is 1. The fraction of sp³-hybridized carbons (Fsp3) is 0.286. The molecule has 0 saturated carbocycles. The number of carbonyl (C=O) groups is 1. The second-order valence-corrected chi connectivity index (χ2v) is 3.04. The van der Waals surface area contributed by atoms with Crippen molar-refractivity contribution in [2.45, 2.75) is 12.1 Å². The molecule has 1 aromatic heterocycles. The first-order valence-electron chi connectivity index (χ1n) is 4.16. The van der Waals surface area contributed by atoms with Crippen molar-refractivity contribution in [3.63, 3.8) is 0 Å². The zero-order chi connectivity index (χ0) is 14.1. The van der Waals surface area contributed by atoms with Gasteiger partial charge in [0.1, 0.15) is 5.69 Å². The summed E-state index contributed by atoms with van der Waals surface area (Å²) in [5.74, 6) is -9.14. The van der Waals surface area contributed by atoms with E-state index in [9.17, 15) is 31.5 Å². The van der Waals surface area contributed by atoms with Crippen LogP contribution in [0.4, 0.5) is 33.6 Å². The van der Waals surface area contributed by atoms with Gasteiger partial charge in [-0.3, -0.25) is 19.9 Å². The van der Waals surface area contributed by atoms with Crippen molar-refractivity contribution in [1.29, 1.82) is 0 Å². The summed E-state index contributed by atoms with van der Waals surface area (Å²) in [4.78, 5) is 26.5. The number of nitrogen functional groups attached to an aromatic ring is 1. The Labute approximate surface area is 95.0 Å². The lowest BCUT2D eigenvalue weighted by molar-refractivity contribution is -0.267. The molecule has 6 nitrogen and oxygen atoms in total. The first kappa shape index (κ1) is 13.9. The van der Waals surface area contributed by atoms with E-state index >= 15 is 0 Å². The van der Waals surface area contributed by atoms with Crippen molar-refractivity contribution in [1.82, 2.24) is 9.97 Å². The van der Waals surface area contributed by atoms with Crippen LogP contribution in [0.1, 0.15) is 0 Å². The van der Waals surface area contributed by atoms with Crippen LogP contribution in [-0.4, -0.2) is 28.0 Å². The smallest absolute Gasteiger partial charge is 0.393 e.